The minimum absolute atomic E-state index is 0.246. The van der Waals surface area contributed by atoms with Crippen LogP contribution in [-0.4, -0.2) is 16.3 Å². The van der Waals surface area contributed by atoms with Crippen molar-refractivity contribution in [3.8, 4) is 5.75 Å². The minimum atomic E-state index is -0.428. The van der Waals surface area contributed by atoms with Gasteiger partial charge in [-0.25, -0.2) is 0 Å². The molecule has 19 heavy (non-hydrogen) atoms. The summed E-state index contributed by atoms with van der Waals surface area (Å²) in [6.07, 6.45) is 0.766. The van der Waals surface area contributed by atoms with Crippen molar-refractivity contribution in [1.29, 1.82) is 0 Å². The van der Waals surface area contributed by atoms with Crippen molar-refractivity contribution in [3.63, 3.8) is 0 Å². The number of rotatable bonds is 4. The quantitative estimate of drug-likeness (QED) is 0.882. The number of benzene rings is 2. The maximum absolute atomic E-state index is 10.1. The molecule has 0 aliphatic carbocycles. The Hall–Kier alpha value is -1.80. The Balaban J connectivity index is 2.03. The third-order valence-corrected chi connectivity index (χ3v) is 3.13. The van der Waals surface area contributed by atoms with Crippen molar-refractivity contribution < 1.29 is 10.2 Å². The van der Waals surface area contributed by atoms with E-state index in [2.05, 4.69) is 32.0 Å². The zero-order chi connectivity index (χ0) is 13.8. The lowest BCUT2D eigenvalue weighted by atomic mass is 9.98. The molecular weight excluding hydrogens is 236 g/mol. The molecule has 2 rings (SSSR count). The molecule has 0 aromatic heterocycles. The molecule has 2 nitrogen and oxygen atoms in total. The molecule has 0 fully saturated rings. The van der Waals surface area contributed by atoms with Crippen LogP contribution in [0, 0.1) is 13.8 Å². The van der Waals surface area contributed by atoms with Gasteiger partial charge in [0, 0.05) is 0 Å². The maximum atomic E-state index is 10.1. The Morgan fingerprint density at radius 1 is 0.895 bits per heavy atom. The fourth-order valence-electron chi connectivity index (χ4n) is 2.49. The minimum Gasteiger partial charge on any atom is -0.508 e. The number of aromatic hydroxyl groups is 1. The van der Waals surface area contributed by atoms with Crippen LogP contribution >= 0.6 is 0 Å². The van der Waals surface area contributed by atoms with Crippen molar-refractivity contribution in [1.82, 2.24) is 0 Å². The first-order chi connectivity index (χ1) is 9.02. The van der Waals surface area contributed by atoms with Crippen LogP contribution in [0.15, 0.2) is 42.5 Å². The molecule has 2 N–H and O–H groups in total. The molecule has 0 spiro atoms. The Labute approximate surface area is 114 Å². The summed E-state index contributed by atoms with van der Waals surface area (Å²) >= 11 is 0. The molecular formula is C17H20O2. The van der Waals surface area contributed by atoms with Gasteiger partial charge in [-0.05, 0) is 49.9 Å². The molecule has 0 aliphatic rings. The van der Waals surface area contributed by atoms with Crippen LogP contribution in [0.4, 0.5) is 0 Å². The van der Waals surface area contributed by atoms with Gasteiger partial charge in [-0.3, -0.25) is 0 Å². The molecule has 0 bridgehead atoms. The summed E-state index contributed by atoms with van der Waals surface area (Å²) in [6, 6.07) is 13.4. The van der Waals surface area contributed by atoms with Gasteiger partial charge in [-0.15, -0.1) is 0 Å². The van der Waals surface area contributed by atoms with E-state index < -0.39 is 6.10 Å². The van der Waals surface area contributed by atoms with E-state index in [1.54, 1.807) is 18.2 Å². The molecule has 0 amide bonds. The van der Waals surface area contributed by atoms with Gasteiger partial charge in [0.2, 0.25) is 0 Å². The highest BCUT2D eigenvalue weighted by Crippen LogP contribution is 2.16. The van der Waals surface area contributed by atoms with E-state index in [0.717, 1.165) is 11.1 Å². The monoisotopic (exact) mass is 256 g/mol. The molecule has 1 unspecified atom stereocenters. The first-order valence-electron chi connectivity index (χ1n) is 6.56. The lowest BCUT2D eigenvalue weighted by Crippen LogP contribution is -2.14. The van der Waals surface area contributed by atoms with Gasteiger partial charge in [0.15, 0.2) is 0 Å². The second kappa shape index (κ2) is 5.89. The average Bonchev–Trinajstić information content (AvgIpc) is 2.26. The number of phenolic OH excluding ortho intramolecular Hbond substituents is 1. The van der Waals surface area contributed by atoms with Gasteiger partial charge in [0.25, 0.3) is 0 Å². The maximum Gasteiger partial charge on any atom is 0.115 e. The summed E-state index contributed by atoms with van der Waals surface area (Å²) in [7, 11) is 0. The van der Waals surface area contributed by atoms with Gasteiger partial charge < -0.3 is 10.2 Å². The van der Waals surface area contributed by atoms with Gasteiger partial charge in [-0.1, -0.05) is 41.5 Å². The van der Waals surface area contributed by atoms with Crippen LogP contribution < -0.4 is 0 Å². The van der Waals surface area contributed by atoms with Gasteiger partial charge in [0.05, 0.1) is 6.10 Å². The molecule has 100 valence electrons. The molecule has 0 saturated heterocycles. The van der Waals surface area contributed by atoms with Crippen LogP contribution in [0.5, 0.6) is 5.75 Å². The smallest absolute Gasteiger partial charge is 0.115 e. The highest BCUT2D eigenvalue weighted by Gasteiger charge is 2.08. The Kier molecular flexibility index (Phi) is 4.23. The van der Waals surface area contributed by atoms with Gasteiger partial charge in [-0.2, -0.15) is 0 Å². The Bertz CT molecular complexity index is 541. The largest absolute Gasteiger partial charge is 0.508 e. The summed E-state index contributed by atoms with van der Waals surface area (Å²) < 4.78 is 0. The predicted octanol–water partition coefficient (Wildman–Crippen LogP) is 3.16. The third kappa shape index (κ3) is 4.11. The van der Waals surface area contributed by atoms with Crippen molar-refractivity contribution in [2.24, 2.45) is 0 Å². The van der Waals surface area contributed by atoms with Crippen LogP contribution in [-0.2, 0) is 12.8 Å². The van der Waals surface area contributed by atoms with E-state index in [0.29, 0.717) is 12.8 Å². The van der Waals surface area contributed by atoms with Crippen molar-refractivity contribution in [2.45, 2.75) is 32.8 Å². The summed E-state index contributed by atoms with van der Waals surface area (Å²) in [5.41, 5.74) is 4.56. The highest BCUT2D eigenvalue weighted by atomic mass is 16.3. The van der Waals surface area contributed by atoms with Gasteiger partial charge >= 0.3 is 0 Å². The third-order valence-electron chi connectivity index (χ3n) is 3.13. The van der Waals surface area contributed by atoms with E-state index >= 15 is 0 Å². The molecule has 0 aliphatic heterocycles. The molecule has 1 atom stereocenters. The zero-order valence-corrected chi connectivity index (χ0v) is 11.4. The fourth-order valence-corrected chi connectivity index (χ4v) is 2.49. The molecule has 2 aromatic rings. The number of aliphatic hydroxyl groups excluding tert-OH is 1. The van der Waals surface area contributed by atoms with Crippen LogP contribution in [0.2, 0.25) is 0 Å². The zero-order valence-electron chi connectivity index (χ0n) is 11.4. The second-order valence-corrected chi connectivity index (χ2v) is 5.23. The molecule has 2 heteroatoms. The summed E-state index contributed by atoms with van der Waals surface area (Å²) in [4.78, 5) is 0. The normalized spacial score (nSPS) is 12.4. The summed E-state index contributed by atoms with van der Waals surface area (Å²) in [5, 5.41) is 19.6. The standard InChI is InChI=1S/C17H20O2/c1-12-6-13(2)8-15(7-12)11-17(19)10-14-4-3-5-16(18)9-14/h3-9,17-19H,10-11H2,1-2H3. The number of hydrogen-bond acceptors (Lipinski definition) is 2. The highest BCUT2D eigenvalue weighted by molar-refractivity contribution is 5.30. The molecule has 0 saturated carbocycles. The van der Waals surface area contributed by atoms with Gasteiger partial charge in [0.1, 0.15) is 5.75 Å². The van der Waals surface area contributed by atoms with Crippen LogP contribution in [0.3, 0.4) is 0 Å². The Morgan fingerprint density at radius 3 is 2.16 bits per heavy atom. The SMILES string of the molecule is Cc1cc(C)cc(CC(O)Cc2cccc(O)c2)c1. The van der Waals surface area contributed by atoms with Crippen molar-refractivity contribution >= 4 is 0 Å². The number of aliphatic hydroxyl groups is 1. The lowest BCUT2D eigenvalue weighted by molar-refractivity contribution is 0.175. The fraction of sp³-hybridized carbons (Fsp3) is 0.294. The molecule has 2 aromatic carbocycles. The Morgan fingerprint density at radius 2 is 1.53 bits per heavy atom. The lowest BCUT2D eigenvalue weighted by Gasteiger charge is -2.12. The second-order valence-electron chi connectivity index (χ2n) is 5.23. The van der Waals surface area contributed by atoms with E-state index in [-0.39, 0.29) is 5.75 Å². The van der Waals surface area contributed by atoms with E-state index in [4.69, 9.17) is 0 Å². The first-order valence-corrected chi connectivity index (χ1v) is 6.56. The summed E-state index contributed by atoms with van der Waals surface area (Å²) in [6.45, 7) is 4.14. The van der Waals surface area contributed by atoms with E-state index in [1.807, 2.05) is 6.07 Å². The predicted molar refractivity (Wildman–Crippen MR) is 77.4 cm³/mol. The average molecular weight is 256 g/mol. The molecule has 0 heterocycles. The number of hydrogen-bond donors (Lipinski definition) is 2. The number of phenols is 1. The summed E-state index contributed by atoms with van der Waals surface area (Å²) in [5.74, 6) is 0.246. The van der Waals surface area contributed by atoms with E-state index in [9.17, 15) is 10.2 Å². The van der Waals surface area contributed by atoms with Crippen LogP contribution in [0.1, 0.15) is 22.3 Å². The van der Waals surface area contributed by atoms with Crippen molar-refractivity contribution in [2.75, 3.05) is 0 Å². The topological polar surface area (TPSA) is 40.5 Å². The van der Waals surface area contributed by atoms with E-state index in [1.165, 1.54) is 11.1 Å². The first kappa shape index (κ1) is 13.6. The molecule has 0 radical (unpaired) electrons. The van der Waals surface area contributed by atoms with Crippen molar-refractivity contribution in [3.05, 3.63) is 64.7 Å². The van der Waals surface area contributed by atoms with Crippen LogP contribution in [0.25, 0.3) is 0 Å². The number of aryl methyl sites for hydroxylation is 2.